The van der Waals surface area contributed by atoms with Gasteiger partial charge in [0.2, 0.25) is 0 Å². The molecule has 0 spiro atoms. The smallest absolute Gasteiger partial charge is 0.319 e. The van der Waals surface area contributed by atoms with Gasteiger partial charge in [-0.1, -0.05) is 0 Å². The van der Waals surface area contributed by atoms with Crippen LogP contribution in [0.5, 0.6) is 5.75 Å². The molecule has 0 bridgehead atoms. The van der Waals surface area contributed by atoms with Crippen LogP contribution in [0.4, 0.5) is 10.5 Å². The number of aliphatic hydroxyl groups is 1. The molecule has 1 atom stereocenters. The first-order valence-electron chi connectivity index (χ1n) is 6.68. The Morgan fingerprint density at radius 3 is 2.71 bits per heavy atom. The molecule has 6 nitrogen and oxygen atoms in total. The Hall–Kier alpha value is -2.47. The van der Waals surface area contributed by atoms with Crippen LogP contribution >= 0.6 is 0 Å². The molecular formula is C15H18N2O4. The fraction of sp³-hybridized carbons (Fsp3) is 0.267. The number of benzene rings is 1. The number of amides is 2. The molecule has 0 aliphatic carbocycles. The number of rotatable bonds is 6. The topological polar surface area (TPSA) is 83.7 Å². The van der Waals surface area contributed by atoms with Crippen molar-refractivity contribution in [2.75, 3.05) is 18.5 Å². The quantitative estimate of drug-likeness (QED) is 0.763. The summed E-state index contributed by atoms with van der Waals surface area (Å²) >= 11 is 0. The first kappa shape index (κ1) is 14.9. The maximum atomic E-state index is 11.7. The molecule has 6 heteroatoms. The van der Waals surface area contributed by atoms with Gasteiger partial charge in [0.15, 0.2) is 0 Å². The highest BCUT2D eigenvalue weighted by atomic mass is 16.5. The molecule has 1 unspecified atom stereocenters. The molecule has 2 rings (SSSR count). The van der Waals surface area contributed by atoms with Crippen molar-refractivity contribution in [3.63, 3.8) is 0 Å². The molecule has 0 fully saturated rings. The van der Waals surface area contributed by atoms with Crippen LogP contribution in [-0.4, -0.2) is 24.3 Å². The van der Waals surface area contributed by atoms with Crippen molar-refractivity contribution in [2.24, 2.45) is 0 Å². The summed E-state index contributed by atoms with van der Waals surface area (Å²) in [7, 11) is 0. The highest BCUT2D eigenvalue weighted by Gasteiger charge is 2.11. The molecule has 0 aliphatic rings. The average Bonchev–Trinajstić information content (AvgIpc) is 3.01. The first-order valence-corrected chi connectivity index (χ1v) is 6.68. The van der Waals surface area contributed by atoms with E-state index in [1.807, 2.05) is 6.92 Å². The van der Waals surface area contributed by atoms with Gasteiger partial charge in [-0.2, -0.15) is 0 Å². The van der Waals surface area contributed by atoms with Crippen LogP contribution in [0.2, 0.25) is 0 Å². The summed E-state index contributed by atoms with van der Waals surface area (Å²) in [4.78, 5) is 11.7. The third-order valence-corrected chi connectivity index (χ3v) is 2.75. The summed E-state index contributed by atoms with van der Waals surface area (Å²) in [6, 6.07) is 9.97. The van der Waals surface area contributed by atoms with Gasteiger partial charge >= 0.3 is 6.03 Å². The summed E-state index contributed by atoms with van der Waals surface area (Å²) in [5.41, 5.74) is 0.642. The van der Waals surface area contributed by atoms with Gasteiger partial charge in [0.1, 0.15) is 17.6 Å². The molecule has 1 aromatic heterocycles. The van der Waals surface area contributed by atoms with Crippen molar-refractivity contribution in [1.29, 1.82) is 0 Å². The molecule has 1 aromatic carbocycles. The number of furan rings is 1. The Balaban J connectivity index is 1.78. The van der Waals surface area contributed by atoms with Gasteiger partial charge in [0.25, 0.3) is 0 Å². The van der Waals surface area contributed by atoms with E-state index in [4.69, 9.17) is 9.15 Å². The van der Waals surface area contributed by atoms with Gasteiger partial charge in [0, 0.05) is 5.69 Å². The number of nitrogens with one attached hydrogen (secondary N) is 2. The predicted molar refractivity (Wildman–Crippen MR) is 78.3 cm³/mol. The molecular weight excluding hydrogens is 272 g/mol. The van der Waals surface area contributed by atoms with Crippen LogP contribution in [0.15, 0.2) is 47.1 Å². The number of anilines is 1. The molecule has 2 amide bonds. The monoisotopic (exact) mass is 290 g/mol. The minimum absolute atomic E-state index is 0.0658. The highest BCUT2D eigenvalue weighted by Crippen LogP contribution is 2.15. The van der Waals surface area contributed by atoms with E-state index in [1.54, 1.807) is 36.4 Å². The van der Waals surface area contributed by atoms with Crippen molar-refractivity contribution in [3.8, 4) is 5.75 Å². The summed E-state index contributed by atoms with van der Waals surface area (Å²) in [5, 5.41) is 15.0. The molecule has 1 heterocycles. The van der Waals surface area contributed by atoms with Crippen LogP contribution in [-0.2, 0) is 0 Å². The number of carbonyl (C=O) groups excluding carboxylic acids is 1. The van der Waals surface area contributed by atoms with Crippen LogP contribution in [0.25, 0.3) is 0 Å². The van der Waals surface area contributed by atoms with E-state index in [2.05, 4.69) is 10.6 Å². The zero-order valence-electron chi connectivity index (χ0n) is 11.7. The van der Waals surface area contributed by atoms with E-state index in [-0.39, 0.29) is 6.54 Å². The molecule has 0 radical (unpaired) electrons. The highest BCUT2D eigenvalue weighted by molar-refractivity contribution is 5.89. The Bertz CT molecular complexity index is 552. The second-order valence-electron chi connectivity index (χ2n) is 4.32. The van der Waals surface area contributed by atoms with Crippen LogP contribution < -0.4 is 15.4 Å². The third kappa shape index (κ3) is 4.54. The largest absolute Gasteiger partial charge is 0.494 e. The Labute approximate surface area is 122 Å². The Morgan fingerprint density at radius 1 is 1.33 bits per heavy atom. The van der Waals surface area contributed by atoms with E-state index in [1.165, 1.54) is 6.26 Å². The normalized spacial score (nSPS) is 11.7. The summed E-state index contributed by atoms with van der Waals surface area (Å²) in [6.07, 6.45) is 0.601. The summed E-state index contributed by atoms with van der Waals surface area (Å²) < 4.78 is 10.4. The number of hydrogen-bond acceptors (Lipinski definition) is 4. The van der Waals surface area contributed by atoms with Crippen molar-refractivity contribution < 1.29 is 19.1 Å². The van der Waals surface area contributed by atoms with Crippen LogP contribution in [0.3, 0.4) is 0 Å². The molecule has 112 valence electrons. The molecule has 0 saturated carbocycles. The minimum atomic E-state index is -0.869. The number of hydrogen-bond donors (Lipinski definition) is 3. The maximum absolute atomic E-state index is 11.7. The standard InChI is InChI=1S/C15H18N2O4/c1-2-20-12-7-5-11(6-8-12)17-15(19)16-10-13(18)14-4-3-9-21-14/h3-9,13,18H,2,10H2,1H3,(H2,16,17,19). The number of carbonyl (C=O) groups is 1. The zero-order valence-corrected chi connectivity index (χ0v) is 11.7. The second kappa shape index (κ2) is 7.35. The molecule has 0 saturated heterocycles. The van der Waals surface area contributed by atoms with Gasteiger partial charge in [-0.15, -0.1) is 0 Å². The second-order valence-corrected chi connectivity index (χ2v) is 4.32. The lowest BCUT2D eigenvalue weighted by molar-refractivity contribution is 0.149. The number of ether oxygens (including phenoxy) is 1. The zero-order chi connectivity index (χ0) is 15.1. The van der Waals surface area contributed by atoms with Crippen molar-refractivity contribution in [1.82, 2.24) is 5.32 Å². The Morgan fingerprint density at radius 2 is 2.10 bits per heavy atom. The number of aliphatic hydroxyl groups excluding tert-OH is 1. The minimum Gasteiger partial charge on any atom is -0.494 e. The molecule has 2 aromatic rings. The van der Waals surface area contributed by atoms with Gasteiger partial charge in [0.05, 0.1) is 19.4 Å². The molecule has 0 aliphatic heterocycles. The summed E-state index contributed by atoms with van der Waals surface area (Å²) in [5.74, 6) is 1.16. The number of urea groups is 1. The van der Waals surface area contributed by atoms with Gasteiger partial charge in [-0.05, 0) is 43.3 Å². The lowest BCUT2D eigenvalue weighted by atomic mass is 10.3. The van der Waals surface area contributed by atoms with Gasteiger partial charge < -0.3 is 24.9 Å². The van der Waals surface area contributed by atoms with Crippen LogP contribution in [0.1, 0.15) is 18.8 Å². The maximum Gasteiger partial charge on any atom is 0.319 e. The molecule has 21 heavy (non-hydrogen) atoms. The SMILES string of the molecule is CCOc1ccc(NC(=O)NCC(O)c2ccco2)cc1. The van der Waals surface area contributed by atoms with Crippen LogP contribution in [0, 0.1) is 0 Å². The first-order chi connectivity index (χ1) is 10.2. The Kier molecular flexibility index (Phi) is 5.22. The van der Waals surface area contributed by atoms with Gasteiger partial charge in [-0.3, -0.25) is 0 Å². The van der Waals surface area contributed by atoms with Crippen molar-refractivity contribution >= 4 is 11.7 Å². The third-order valence-electron chi connectivity index (χ3n) is 2.75. The summed E-state index contributed by atoms with van der Waals surface area (Å²) in [6.45, 7) is 2.57. The fourth-order valence-electron chi connectivity index (χ4n) is 1.75. The van der Waals surface area contributed by atoms with Crippen molar-refractivity contribution in [3.05, 3.63) is 48.4 Å². The lowest BCUT2D eigenvalue weighted by Crippen LogP contribution is -2.32. The predicted octanol–water partition coefficient (Wildman–Crippen LogP) is 2.53. The van der Waals surface area contributed by atoms with E-state index >= 15 is 0 Å². The van der Waals surface area contributed by atoms with Gasteiger partial charge in [-0.25, -0.2) is 4.79 Å². The van der Waals surface area contributed by atoms with E-state index in [0.717, 1.165) is 5.75 Å². The van der Waals surface area contributed by atoms with E-state index in [0.29, 0.717) is 18.1 Å². The fourth-order valence-corrected chi connectivity index (χ4v) is 1.75. The van der Waals surface area contributed by atoms with E-state index in [9.17, 15) is 9.90 Å². The lowest BCUT2D eigenvalue weighted by Gasteiger charge is -2.11. The van der Waals surface area contributed by atoms with E-state index < -0.39 is 12.1 Å². The molecule has 3 N–H and O–H groups in total. The van der Waals surface area contributed by atoms with Crippen molar-refractivity contribution in [2.45, 2.75) is 13.0 Å². The average molecular weight is 290 g/mol.